The van der Waals surface area contributed by atoms with Gasteiger partial charge >= 0.3 is 0 Å². The molecule has 22 heavy (non-hydrogen) atoms. The van der Waals surface area contributed by atoms with Gasteiger partial charge in [-0.05, 0) is 41.7 Å². The van der Waals surface area contributed by atoms with E-state index >= 15 is 0 Å². The molecule has 0 unspecified atom stereocenters. The van der Waals surface area contributed by atoms with E-state index in [-0.39, 0.29) is 12.5 Å². The third kappa shape index (κ3) is 4.58. The van der Waals surface area contributed by atoms with E-state index in [0.29, 0.717) is 11.7 Å². The van der Waals surface area contributed by atoms with Crippen molar-refractivity contribution >= 4 is 22.9 Å². The van der Waals surface area contributed by atoms with Gasteiger partial charge in [-0.2, -0.15) is 5.10 Å². The summed E-state index contributed by atoms with van der Waals surface area (Å²) in [5.74, 6) is 0.829. The Balaban J connectivity index is 1.84. The van der Waals surface area contributed by atoms with Crippen molar-refractivity contribution in [1.29, 1.82) is 0 Å². The summed E-state index contributed by atoms with van der Waals surface area (Å²) >= 11 is 0. The molecule has 0 aliphatic rings. The Kier molecular flexibility index (Phi) is 5.95. The molecule has 0 aliphatic carbocycles. The van der Waals surface area contributed by atoms with Gasteiger partial charge in [-0.3, -0.25) is 4.79 Å². The topological polar surface area (TPSA) is 50.7 Å². The van der Waals surface area contributed by atoms with Crippen molar-refractivity contribution in [2.75, 3.05) is 6.61 Å². The van der Waals surface area contributed by atoms with Gasteiger partial charge in [-0.1, -0.05) is 44.2 Å². The van der Waals surface area contributed by atoms with Crippen LogP contribution in [0.5, 0.6) is 5.75 Å². The molecule has 0 aliphatic heterocycles. The third-order valence-electron chi connectivity index (χ3n) is 3.61. The molecule has 2 aromatic carbocycles. The smallest absolute Gasteiger partial charge is 0.277 e. The number of ether oxygens (including phenoxy) is 1. The second kappa shape index (κ2) is 8.17. The van der Waals surface area contributed by atoms with E-state index in [0.717, 1.165) is 23.6 Å². The molecule has 1 N–H and O–H groups in total. The Bertz CT molecular complexity index is 648. The van der Waals surface area contributed by atoms with Crippen LogP contribution >= 0.6 is 0 Å². The van der Waals surface area contributed by atoms with Crippen molar-refractivity contribution < 1.29 is 9.53 Å². The fourth-order valence-electron chi connectivity index (χ4n) is 2.15. The molecule has 0 aromatic heterocycles. The normalized spacial score (nSPS) is 11.2. The van der Waals surface area contributed by atoms with Crippen molar-refractivity contribution in [2.24, 2.45) is 11.0 Å². The number of hydrogen-bond donors (Lipinski definition) is 1. The number of hydrogen-bond acceptors (Lipinski definition) is 3. The SMILES string of the molecule is CCC(/C=N\NC(=O)COc1ccc2ccccc2c1)CC. The van der Waals surface area contributed by atoms with E-state index in [9.17, 15) is 4.79 Å². The maximum atomic E-state index is 11.7. The average Bonchev–Trinajstić information content (AvgIpc) is 2.56. The largest absolute Gasteiger partial charge is 0.484 e. The van der Waals surface area contributed by atoms with E-state index in [1.165, 1.54) is 0 Å². The molecule has 0 saturated heterocycles. The fraction of sp³-hybridized carbons (Fsp3) is 0.333. The van der Waals surface area contributed by atoms with E-state index in [1.54, 1.807) is 6.21 Å². The lowest BCUT2D eigenvalue weighted by atomic mass is 10.1. The Morgan fingerprint density at radius 2 is 1.91 bits per heavy atom. The maximum absolute atomic E-state index is 11.7. The van der Waals surface area contributed by atoms with Crippen LogP contribution in [0.2, 0.25) is 0 Å². The molecule has 0 bridgehead atoms. The highest BCUT2D eigenvalue weighted by molar-refractivity contribution is 5.84. The summed E-state index contributed by atoms with van der Waals surface area (Å²) in [6, 6.07) is 13.8. The first-order valence-corrected chi connectivity index (χ1v) is 7.66. The summed E-state index contributed by atoms with van der Waals surface area (Å²) in [6.45, 7) is 4.16. The van der Waals surface area contributed by atoms with Crippen LogP contribution in [0.4, 0.5) is 0 Å². The Labute approximate surface area is 131 Å². The summed E-state index contributed by atoms with van der Waals surface area (Å²) in [5, 5.41) is 6.21. The minimum absolute atomic E-state index is 0.0431. The summed E-state index contributed by atoms with van der Waals surface area (Å²) in [6.07, 6.45) is 3.82. The first-order valence-electron chi connectivity index (χ1n) is 7.66. The number of rotatable bonds is 7. The van der Waals surface area contributed by atoms with Crippen molar-refractivity contribution in [3.8, 4) is 5.75 Å². The zero-order chi connectivity index (χ0) is 15.8. The lowest BCUT2D eigenvalue weighted by molar-refractivity contribution is -0.123. The third-order valence-corrected chi connectivity index (χ3v) is 3.61. The van der Waals surface area contributed by atoms with Crippen LogP contribution in [0.15, 0.2) is 47.6 Å². The van der Waals surface area contributed by atoms with Crippen molar-refractivity contribution in [2.45, 2.75) is 26.7 Å². The number of nitrogens with zero attached hydrogens (tertiary/aromatic N) is 1. The average molecular weight is 298 g/mol. The molecule has 1 amide bonds. The number of nitrogens with one attached hydrogen (secondary N) is 1. The molecule has 0 atom stereocenters. The molecule has 0 spiro atoms. The number of carbonyl (C=O) groups excluding carboxylic acids is 1. The Morgan fingerprint density at radius 1 is 1.18 bits per heavy atom. The first kappa shape index (κ1) is 16.0. The summed E-state index contributed by atoms with van der Waals surface area (Å²) in [7, 11) is 0. The highest BCUT2D eigenvalue weighted by atomic mass is 16.5. The highest BCUT2D eigenvalue weighted by Crippen LogP contribution is 2.20. The second-order valence-corrected chi connectivity index (χ2v) is 5.19. The summed E-state index contributed by atoms with van der Waals surface area (Å²) in [5.41, 5.74) is 2.49. The number of amides is 1. The summed E-state index contributed by atoms with van der Waals surface area (Å²) < 4.78 is 5.50. The molecule has 4 heteroatoms. The lowest BCUT2D eigenvalue weighted by Crippen LogP contribution is -2.25. The quantitative estimate of drug-likeness (QED) is 0.625. The zero-order valence-electron chi connectivity index (χ0n) is 13.1. The minimum atomic E-state index is -0.254. The molecule has 4 nitrogen and oxygen atoms in total. The van der Waals surface area contributed by atoms with Crippen LogP contribution in [0.1, 0.15) is 26.7 Å². The Hall–Kier alpha value is -2.36. The molecular weight excluding hydrogens is 276 g/mol. The van der Waals surface area contributed by atoms with Gasteiger partial charge in [0.05, 0.1) is 0 Å². The highest BCUT2D eigenvalue weighted by Gasteiger charge is 2.03. The van der Waals surface area contributed by atoms with Gasteiger partial charge in [0.25, 0.3) is 5.91 Å². The van der Waals surface area contributed by atoms with Crippen LogP contribution < -0.4 is 10.2 Å². The van der Waals surface area contributed by atoms with Gasteiger partial charge < -0.3 is 4.74 Å². The maximum Gasteiger partial charge on any atom is 0.277 e. The number of carbonyl (C=O) groups is 1. The van der Waals surface area contributed by atoms with Crippen molar-refractivity contribution in [1.82, 2.24) is 5.43 Å². The van der Waals surface area contributed by atoms with Gasteiger partial charge in [0, 0.05) is 6.21 Å². The van der Waals surface area contributed by atoms with Gasteiger partial charge in [-0.25, -0.2) is 5.43 Å². The molecule has 0 radical (unpaired) electrons. The molecule has 116 valence electrons. The van der Waals surface area contributed by atoms with Gasteiger partial charge in [0.1, 0.15) is 5.75 Å². The minimum Gasteiger partial charge on any atom is -0.484 e. The van der Waals surface area contributed by atoms with E-state index < -0.39 is 0 Å². The fourth-order valence-corrected chi connectivity index (χ4v) is 2.15. The van der Waals surface area contributed by atoms with E-state index in [2.05, 4.69) is 24.4 Å². The zero-order valence-corrected chi connectivity index (χ0v) is 13.1. The molecule has 0 heterocycles. The van der Waals surface area contributed by atoms with E-state index in [4.69, 9.17) is 4.74 Å². The van der Waals surface area contributed by atoms with Crippen LogP contribution in [-0.2, 0) is 4.79 Å². The predicted molar refractivity (Wildman–Crippen MR) is 90.1 cm³/mol. The summed E-state index contributed by atoms with van der Waals surface area (Å²) in [4.78, 5) is 11.7. The van der Waals surface area contributed by atoms with Crippen LogP contribution in [0.25, 0.3) is 10.8 Å². The molecule has 0 saturated carbocycles. The van der Waals surface area contributed by atoms with Gasteiger partial charge in [-0.15, -0.1) is 0 Å². The van der Waals surface area contributed by atoms with E-state index in [1.807, 2.05) is 42.5 Å². The molecule has 0 fully saturated rings. The monoisotopic (exact) mass is 298 g/mol. The van der Waals surface area contributed by atoms with Crippen molar-refractivity contribution in [3.05, 3.63) is 42.5 Å². The van der Waals surface area contributed by atoms with Crippen LogP contribution in [0.3, 0.4) is 0 Å². The van der Waals surface area contributed by atoms with Crippen molar-refractivity contribution in [3.63, 3.8) is 0 Å². The van der Waals surface area contributed by atoms with Crippen LogP contribution in [-0.4, -0.2) is 18.7 Å². The first-order chi connectivity index (χ1) is 10.7. The number of hydrazone groups is 1. The number of fused-ring (bicyclic) bond motifs is 1. The predicted octanol–water partition coefficient (Wildman–Crippen LogP) is 3.76. The standard InChI is InChI=1S/C18H22N2O2/c1-3-14(4-2)12-19-20-18(21)13-22-17-10-9-15-7-5-6-8-16(15)11-17/h5-12,14H,3-4,13H2,1-2H3,(H,20,21)/b19-12-. The van der Waals surface area contributed by atoms with Gasteiger partial charge in [0.15, 0.2) is 6.61 Å². The molecular formula is C18H22N2O2. The second-order valence-electron chi connectivity index (χ2n) is 5.19. The molecule has 2 aromatic rings. The number of benzene rings is 2. The van der Waals surface area contributed by atoms with Crippen LogP contribution in [0, 0.1) is 5.92 Å². The van der Waals surface area contributed by atoms with Gasteiger partial charge in [0.2, 0.25) is 0 Å². The lowest BCUT2D eigenvalue weighted by Gasteiger charge is -2.07. The Morgan fingerprint density at radius 3 is 2.64 bits per heavy atom. The molecule has 2 rings (SSSR count).